The SMILES string of the molecule is CCCc1c(OC)ccc2cc(C(=O)Nc3ccc(CNC4CC4)cc3)c(=O)oc12. The lowest BCUT2D eigenvalue weighted by atomic mass is 10.0. The van der Waals surface area contributed by atoms with Crippen molar-refractivity contribution in [3.8, 4) is 5.75 Å². The standard InChI is InChI=1S/C24H26N2O4/c1-3-4-19-21(29-2)12-7-16-13-20(24(28)30-22(16)19)23(27)26-18-8-5-15(6-9-18)14-25-17-10-11-17/h5-9,12-13,17,25H,3-4,10-11,14H2,1-2H3,(H,26,27). The number of nitrogens with one attached hydrogen (secondary N) is 2. The molecule has 1 amide bonds. The van der Waals surface area contributed by atoms with Gasteiger partial charge in [0.05, 0.1) is 7.11 Å². The van der Waals surface area contributed by atoms with Gasteiger partial charge in [0.2, 0.25) is 0 Å². The number of ether oxygens (including phenoxy) is 1. The third-order valence-electron chi connectivity index (χ3n) is 5.31. The van der Waals surface area contributed by atoms with Gasteiger partial charge in [-0.25, -0.2) is 4.79 Å². The topological polar surface area (TPSA) is 80.6 Å². The number of hydrogen-bond donors (Lipinski definition) is 2. The number of methoxy groups -OCH3 is 1. The van der Waals surface area contributed by atoms with Gasteiger partial charge in [-0.05, 0) is 55.2 Å². The highest BCUT2D eigenvalue weighted by Gasteiger charge is 2.20. The summed E-state index contributed by atoms with van der Waals surface area (Å²) in [5, 5.41) is 6.94. The minimum Gasteiger partial charge on any atom is -0.496 e. The van der Waals surface area contributed by atoms with E-state index in [0.29, 0.717) is 28.4 Å². The van der Waals surface area contributed by atoms with Gasteiger partial charge in [0.25, 0.3) is 5.91 Å². The van der Waals surface area contributed by atoms with Crippen LogP contribution in [0.25, 0.3) is 11.0 Å². The van der Waals surface area contributed by atoms with Crippen LogP contribution in [0.3, 0.4) is 0 Å². The highest BCUT2D eigenvalue weighted by molar-refractivity contribution is 6.05. The molecule has 4 rings (SSSR count). The van der Waals surface area contributed by atoms with E-state index in [2.05, 4.69) is 10.6 Å². The fraction of sp³-hybridized carbons (Fsp3) is 0.333. The normalized spacial score (nSPS) is 13.4. The Morgan fingerprint density at radius 3 is 2.60 bits per heavy atom. The van der Waals surface area contributed by atoms with Crippen molar-refractivity contribution in [2.45, 2.75) is 45.2 Å². The number of amides is 1. The summed E-state index contributed by atoms with van der Waals surface area (Å²) in [5.41, 5.74) is 2.44. The first-order valence-electron chi connectivity index (χ1n) is 10.4. The van der Waals surface area contributed by atoms with Crippen molar-refractivity contribution >= 4 is 22.6 Å². The summed E-state index contributed by atoms with van der Waals surface area (Å²) < 4.78 is 11.0. The molecular formula is C24H26N2O4. The monoisotopic (exact) mass is 406 g/mol. The molecule has 2 aromatic carbocycles. The van der Waals surface area contributed by atoms with E-state index in [1.165, 1.54) is 12.8 Å². The molecule has 6 nitrogen and oxygen atoms in total. The lowest BCUT2D eigenvalue weighted by molar-refractivity contribution is 0.102. The summed E-state index contributed by atoms with van der Waals surface area (Å²) in [6.07, 6.45) is 4.09. The number of hydrogen-bond acceptors (Lipinski definition) is 5. The molecule has 0 radical (unpaired) electrons. The van der Waals surface area contributed by atoms with Gasteiger partial charge in [0.1, 0.15) is 16.9 Å². The summed E-state index contributed by atoms with van der Waals surface area (Å²) >= 11 is 0. The minimum absolute atomic E-state index is 0.0189. The van der Waals surface area contributed by atoms with Crippen molar-refractivity contribution in [2.24, 2.45) is 0 Å². The second kappa shape index (κ2) is 8.71. The van der Waals surface area contributed by atoms with Crippen LogP contribution >= 0.6 is 0 Å². The van der Waals surface area contributed by atoms with E-state index in [4.69, 9.17) is 9.15 Å². The Morgan fingerprint density at radius 2 is 1.93 bits per heavy atom. The Labute approximate surface area is 175 Å². The molecule has 0 saturated heterocycles. The molecule has 1 aliphatic rings. The Morgan fingerprint density at radius 1 is 1.17 bits per heavy atom. The molecule has 1 saturated carbocycles. The second-order valence-corrected chi connectivity index (χ2v) is 7.67. The Hall–Kier alpha value is -3.12. The predicted octanol–water partition coefficient (Wildman–Crippen LogP) is 4.26. The number of aryl methyl sites for hydroxylation is 1. The van der Waals surface area contributed by atoms with Crippen LogP contribution in [-0.2, 0) is 13.0 Å². The Kier molecular flexibility index (Phi) is 5.86. The van der Waals surface area contributed by atoms with Crippen LogP contribution in [-0.4, -0.2) is 19.1 Å². The highest BCUT2D eigenvalue weighted by Crippen LogP contribution is 2.29. The average Bonchev–Trinajstić information content (AvgIpc) is 3.58. The zero-order valence-electron chi connectivity index (χ0n) is 17.3. The van der Waals surface area contributed by atoms with E-state index in [9.17, 15) is 9.59 Å². The van der Waals surface area contributed by atoms with Crippen LogP contribution in [0.15, 0.2) is 51.7 Å². The van der Waals surface area contributed by atoms with Gasteiger partial charge in [-0.3, -0.25) is 4.79 Å². The molecule has 2 N–H and O–H groups in total. The lowest BCUT2D eigenvalue weighted by Crippen LogP contribution is -2.21. The summed E-state index contributed by atoms with van der Waals surface area (Å²) in [5.74, 6) is 0.198. The van der Waals surface area contributed by atoms with E-state index in [-0.39, 0.29) is 5.56 Å². The maximum atomic E-state index is 12.7. The predicted molar refractivity (Wildman–Crippen MR) is 117 cm³/mol. The van der Waals surface area contributed by atoms with Crippen molar-refractivity contribution in [3.05, 3.63) is 69.6 Å². The molecule has 0 spiro atoms. The van der Waals surface area contributed by atoms with Crippen LogP contribution in [0.5, 0.6) is 5.75 Å². The molecule has 156 valence electrons. The van der Waals surface area contributed by atoms with Crippen LogP contribution in [0, 0.1) is 0 Å². The maximum Gasteiger partial charge on any atom is 0.349 e. The van der Waals surface area contributed by atoms with Gasteiger partial charge in [-0.2, -0.15) is 0 Å². The number of rotatable bonds is 8. The zero-order valence-corrected chi connectivity index (χ0v) is 17.3. The molecule has 0 bridgehead atoms. The van der Waals surface area contributed by atoms with E-state index >= 15 is 0 Å². The Balaban J connectivity index is 1.55. The highest BCUT2D eigenvalue weighted by atomic mass is 16.5. The molecule has 3 aromatic rings. The van der Waals surface area contributed by atoms with Gasteiger partial charge in [-0.15, -0.1) is 0 Å². The first kappa shape index (κ1) is 20.2. The van der Waals surface area contributed by atoms with Crippen LogP contribution in [0.1, 0.15) is 47.7 Å². The maximum absolute atomic E-state index is 12.7. The molecule has 0 atom stereocenters. The molecule has 30 heavy (non-hydrogen) atoms. The quantitative estimate of drug-likeness (QED) is 0.547. The molecule has 0 unspecified atom stereocenters. The Bertz CT molecular complexity index is 1110. The largest absolute Gasteiger partial charge is 0.496 e. The zero-order chi connectivity index (χ0) is 21.1. The third kappa shape index (κ3) is 4.39. The number of carbonyl (C=O) groups is 1. The van der Waals surface area contributed by atoms with Crippen molar-refractivity contribution in [1.82, 2.24) is 5.32 Å². The molecule has 1 aliphatic carbocycles. The summed E-state index contributed by atoms with van der Waals surface area (Å²) in [6, 6.07) is 13.5. The number of benzene rings is 2. The summed E-state index contributed by atoms with van der Waals surface area (Å²) in [7, 11) is 1.59. The van der Waals surface area contributed by atoms with E-state index in [1.54, 1.807) is 19.2 Å². The summed E-state index contributed by atoms with van der Waals surface area (Å²) in [4.78, 5) is 25.3. The molecule has 1 aromatic heterocycles. The number of anilines is 1. The van der Waals surface area contributed by atoms with Crippen molar-refractivity contribution < 1.29 is 13.9 Å². The van der Waals surface area contributed by atoms with Crippen molar-refractivity contribution in [3.63, 3.8) is 0 Å². The first-order valence-corrected chi connectivity index (χ1v) is 10.4. The van der Waals surface area contributed by atoms with E-state index in [1.807, 2.05) is 37.3 Å². The van der Waals surface area contributed by atoms with Crippen molar-refractivity contribution in [1.29, 1.82) is 0 Å². The van der Waals surface area contributed by atoms with Gasteiger partial charge >= 0.3 is 5.63 Å². The fourth-order valence-corrected chi connectivity index (χ4v) is 3.51. The van der Waals surface area contributed by atoms with Gasteiger partial charge in [0.15, 0.2) is 0 Å². The molecule has 1 heterocycles. The molecular weight excluding hydrogens is 380 g/mol. The molecule has 1 fully saturated rings. The molecule has 0 aliphatic heterocycles. The van der Waals surface area contributed by atoms with Crippen LogP contribution in [0.2, 0.25) is 0 Å². The first-order chi connectivity index (χ1) is 14.6. The second-order valence-electron chi connectivity index (χ2n) is 7.67. The fourth-order valence-electron chi connectivity index (χ4n) is 3.51. The smallest absolute Gasteiger partial charge is 0.349 e. The van der Waals surface area contributed by atoms with Crippen molar-refractivity contribution in [2.75, 3.05) is 12.4 Å². The van der Waals surface area contributed by atoms with E-state index < -0.39 is 11.5 Å². The number of fused-ring (bicyclic) bond motifs is 1. The lowest BCUT2D eigenvalue weighted by Gasteiger charge is -2.11. The average molecular weight is 406 g/mol. The van der Waals surface area contributed by atoms with Crippen LogP contribution in [0.4, 0.5) is 5.69 Å². The van der Waals surface area contributed by atoms with Gasteiger partial charge in [0, 0.05) is 29.2 Å². The third-order valence-corrected chi connectivity index (χ3v) is 5.31. The minimum atomic E-state index is -0.657. The van der Waals surface area contributed by atoms with Gasteiger partial charge < -0.3 is 19.8 Å². The van der Waals surface area contributed by atoms with E-state index in [0.717, 1.165) is 30.5 Å². The van der Waals surface area contributed by atoms with Gasteiger partial charge in [-0.1, -0.05) is 25.5 Å². The number of carbonyl (C=O) groups excluding carboxylic acids is 1. The summed E-state index contributed by atoms with van der Waals surface area (Å²) in [6.45, 7) is 2.86. The molecule has 6 heteroatoms. The van der Waals surface area contributed by atoms with Crippen LogP contribution < -0.4 is 21.0 Å².